The standard InChI is InChI=1S/C18H21Cl2N/c1-3-15(13-8-6-5-7-9-13)18(21-4-2)16-11-10-14(19)12-17(16)20/h5-12,15,18,21H,3-4H2,1-2H3. The van der Waals surface area contributed by atoms with E-state index in [-0.39, 0.29) is 6.04 Å². The Balaban J connectivity index is 2.41. The summed E-state index contributed by atoms with van der Waals surface area (Å²) in [7, 11) is 0. The minimum Gasteiger partial charge on any atom is -0.310 e. The van der Waals surface area contributed by atoms with Crippen molar-refractivity contribution in [3.8, 4) is 0 Å². The first-order chi connectivity index (χ1) is 10.2. The van der Waals surface area contributed by atoms with E-state index in [2.05, 4.69) is 43.4 Å². The second-order valence-electron chi connectivity index (χ2n) is 5.13. The SMILES string of the molecule is CCNC(c1ccc(Cl)cc1Cl)C(CC)c1ccccc1. The van der Waals surface area contributed by atoms with Crippen molar-refractivity contribution in [1.82, 2.24) is 5.32 Å². The molecular formula is C18H21Cl2N. The van der Waals surface area contributed by atoms with Gasteiger partial charge in [-0.15, -0.1) is 0 Å². The Labute approximate surface area is 137 Å². The van der Waals surface area contributed by atoms with Crippen LogP contribution in [0.1, 0.15) is 43.4 Å². The molecule has 0 heterocycles. The van der Waals surface area contributed by atoms with E-state index >= 15 is 0 Å². The molecule has 0 saturated heterocycles. The number of halogens is 2. The minimum absolute atomic E-state index is 0.187. The summed E-state index contributed by atoms with van der Waals surface area (Å²) in [5.41, 5.74) is 2.44. The molecule has 0 aliphatic heterocycles. The van der Waals surface area contributed by atoms with Crippen molar-refractivity contribution in [3.05, 3.63) is 69.7 Å². The number of likely N-dealkylation sites (N-methyl/N-ethyl adjacent to an activating group) is 1. The highest BCUT2D eigenvalue weighted by Crippen LogP contribution is 2.37. The molecule has 2 aromatic carbocycles. The monoisotopic (exact) mass is 321 g/mol. The Hall–Kier alpha value is -1.02. The third kappa shape index (κ3) is 4.00. The fourth-order valence-corrected chi connectivity index (χ4v) is 3.33. The van der Waals surface area contributed by atoms with E-state index in [4.69, 9.17) is 23.2 Å². The summed E-state index contributed by atoms with van der Waals surface area (Å²) in [6.07, 6.45) is 1.04. The average molecular weight is 322 g/mol. The van der Waals surface area contributed by atoms with Crippen molar-refractivity contribution >= 4 is 23.2 Å². The Bertz CT molecular complexity index is 569. The van der Waals surface area contributed by atoms with Gasteiger partial charge < -0.3 is 5.32 Å². The van der Waals surface area contributed by atoms with Crippen LogP contribution in [-0.4, -0.2) is 6.54 Å². The topological polar surface area (TPSA) is 12.0 Å². The lowest BCUT2D eigenvalue weighted by atomic mass is 9.85. The van der Waals surface area contributed by atoms with Crippen molar-refractivity contribution in [2.75, 3.05) is 6.54 Å². The Kier molecular flexibility index (Phi) is 6.10. The molecule has 0 radical (unpaired) electrons. The van der Waals surface area contributed by atoms with Crippen LogP contribution in [0.3, 0.4) is 0 Å². The molecule has 0 fully saturated rings. The predicted octanol–water partition coefficient (Wildman–Crippen LogP) is 5.84. The molecular weight excluding hydrogens is 301 g/mol. The van der Waals surface area contributed by atoms with Crippen LogP contribution in [0.4, 0.5) is 0 Å². The van der Waals surface area contributed by atoms with Gasteiger partial charge in [-0.25, -0.2) is 0 Å². The van der Waals surface area contributed by atoms with Crippen LogP contribution >= 0.6 is 23.2 Å². The molecule has 0 aliphatic rings. The number of rotatable bonds is 6. The van der Waals surface area contributed by atoms with Crippen LogP contribution in [-0.2, 0) is 0 Å². The van der Waals surface area contributed by atoms with Crippen molar-refractivity contribution in [1.29, 1.82) is 0 Å². The van der Waals surface area contributed by atoms with Gasteiger partial charge in [-0.1, -0.05) is 73.4 Å². The van der Waals surface area contributed by atoms with Crippen LogP contribution in [0.5, 0.6) is 0 Å². The van der Waals surface area contributed by atoms with Gasteiger partial charge in [0, 0.05) is 22.0 Å². The van der Waals surface area contributed by atoms with Gasteiger partial charge in [-0.3, -0.25) is 0 Å². The summed E-state index contributed by atoms with van der Waals surface area (Å²) in [6.45, 7) is 5.23. The summed E-state index contributed by atoms with van der Waals surface area (Å²) in [5.74, 6) is 0.379. The first kappa shape index (κ1) is 16.4. The Morgan fingerprint density at radius 3 is 2.29 bits per heavy atom. The summed E-state index contributed by atoms with van der Waals surface area (Å²) in [6, 6.07) is 16.5. The molecule has 3 heteroatoms. The van der Waals surface area contributed by atoms with Gasteiger partial charge in [0.15, 0.2) is 0 Å². The van der Waals surface area contributed by atoms with Gasteiger partial charge in [0.1, 0.15) is 0 Å². The van der Waals surface area contributed by atoms with E-state index in [0.29, 0.717) is 10.9 Å². The molecule has 0 amide bonds. The van der Waals surface area contributed by atoms with Crippen LogP contribution in [0, 0.1) is 0 Å². The highest BCUT2D eigenvalue weighted by Gasteiger charge is 2.24. The molecule has 1 N–H and O–H groups in total. The lowest BCUT2D eigenvalue weighted by Crippen LogP contribution is -2.27. The van der Waals surface area contributed by atoms with Crippen molar-refractivity contribution in [2.45, 2.75) is 32.2 Å². The van der Waals surface area contributed by atoms with E-state index in [1.807, 2.05) is 24.3 Å². The van der Waals surface area contributed by atoms with Crippen LogP contribution in [0.15, 0.2) is 48.5 Å². The smallest absolute Gasteiger partial charge is 0.0468 e. The Morgan fingerprint density at radius 1 is 1.00 bits per heavy atom. The third-order valence-corrected chi connectivity index (χ3v) is 4.35. The highest BCUT2D eigenvalue weighted by molar-refractivity contribution is 6.35. The van der Waals surface area contributed by atoms with Crippen LogP contribution in [0.2, 0.25) is 10.0 Å². The largest absolute Gasteiger partial charge is 0.310 e. The van der Waals surface area contributed by atoms with Gasteiger partial charge in [0.05, 0.1) is 0 Å². The Morgan fingerprint density at radius 2 is 1.71 bits per heavy atom. The number of hydrogen-bond donors (Lipinski definition) is 1. The van der Waals surface area contributed by atoms with Gasteiger partial charge in [-0.2, -0.15) is 0 Å². The molecule has 2 rings (SSSR count). The maximum atomic E-state index is 6.42. The molecule has 0 aliphatic carbocycles. The van der Waals surface area contributed by atoms with E-state index in [9.17, 15) is 0 Å². The summed E-state index contributed by atoms with van der Waals surface area (Å²) in [4.78, 5) is 0. The van der Waals surface area contributed by atoms with E-state index in [1.165, 1.54) is 5.56 Å². The van der Waals surface area contributed by atoms with Gasteiger partial charge in [0.25, 0.3) is 0 Å². The molecule has 0 saturated carbocycles. The molecule has 1 nitrogen and oxygen atoms in total. The third-order valence-electron chi connectivity index (χ3n) is 3.79. The lowest BCUT2D eigenvalue weighted by Gasteiger charge is -2.29. The number of nitrogens with one attached hydrogen (secondary N) is 1. The molecule has 21 heavy (non-hydrogen) atoms. The number of benzene rings is 2. The van der Waals surface area contributed by atoms with Crippen molar-refractivity contribution < 1.29 is 0 Å². The first-order valence-electron chi connectivity index (χ1n) is 7.40. The zero-order chi connectivity index (χ0) is 15.2. The quantitative estimate of drug-likeness (QED) is 0.704. The minimum atomic E-state index is 0.187. The van der Waals surface area contributed by atoms with Gasteiger partial charge >= 0.3 is 0 Å². The molecule has 0 spiro atoms. The average Bonchev–Trinajstić information content (AvgIpc) is 2.48. The van der Waals surface area contributed by atoms with Crippen LogP contribution < -0.4 is 5.32 Å². The highest BCUT2D eigenvalue weighted by atomic mass is 35.5. The summed E-state index contributed by atoms with van der Waals surface area (Å²) in [5, 5.41) is 4.98. The second-order valence-corrected chi connectivity index (χ2v) is 5.97. The predicted molar refractivity (Wildman–Crippen MR) is 92.4 cm³/mol. The van der Waals surface area contributed by atoms with Crippen molar-refractivity contribution in [2.24, 2.45) is 0 Å². The fraction of sp³-hybridized carbons (Fsp3) is 0.333. The van der Waals surface area contributed by atoms with E-state index in [1.54, 1.807) is 0 Å². The van der Waals surface area contributed by atoms with Crippen molar-refractivity contribution in [3.63, 3.8) is 0 Å². The summed E-state index contributed by atoms with van der Waals surface area (Å²) >= 11 is 12.4. The van der Waals surface area contributed by atoms with E-state index in [0.717, 1.165) is 23.6 Å². The normalized spacial score (nSPS) is 13.9. The molecule has 2 atom stereocenters. The second kappa shape index (κ2) is 7.84. The zero-order valence-electron chi connectivity index (χ0n) is 12.4. The molecule has 112 valence electrons. The summed E-state index contributed by atoms with van der Waals surface area (Å²) < 4.78 is 0. The lowest BCUT2D eigenvalue weighted by molar-refractivity contribution is 0.445. The van der Waals surface area contributed by atoms with Gasteiger partial charge in [-0.05, 0) is 36.2 Å². The first-order valence-corrected chi connectivity index (χ1v) is 8.16. The maximum absolute atomic E-state index is 6.42. The van der Waals surface area contributed by atoms with Gasteiger partial charge in [0.2, 0.25) is 0 Å². The molecule has 2 aromatic rings. The fourth-order valence-electron chi connectivity index (χ4n) is 2.81. The molecule has 0 bridgehead atoms. The molecule has 0 aromatic heterocycles. The zero-order valence-corrected chi connectivity index (χ0v) is 14.0. The number of hydrogen-bond acceptors (Lipinski definition) is 1. The molecule has 2 unspecified atom stereocenters. The maximum Gasteiger partial charge on any atom is 0.0468 e. The van der Waals surface area contributed by atoms with E-state index < -0.39 is 0 Å². The van der Waals surface area contributed by atoms with Crippen LogP contribution in [0.25, 0.3) is 0 Å².